The largest absolute Gasteiger partial charge is 0.493 e. The van der Waals surface area contributed by atoms with Gasteiger partial charge in [-0.25, -0.2) is 0 Å². The summed E-state index contributed by atoms with van der Waals surface area (Å²) in [7, 11) is 0. The van der Waals surface area contributed by atoms with E-state index < -0.39 is 0 Å². The second kappa shape index (κ2) is 7.15. The molecule has 0 radical (unpaired) electrons. The monoisotopic (exact) mass is 311 g/mol. The second-order valence-electron chi connectivity index (χ2n) is 4.96. The van der Waals surface area contributed by atoms with Gasteiger partial charge in [0, 0.05) is 22.6 Å². The molecular formula is C15H22BrNO. The third kappa shape index (κ3) is 3.99. The molecule has 0 spiro atoms. The van der Waals surface area contributed by atoms with E-state index >= 15 is 0 Å². The van der Waals surface area contributed by atoms with Crippen LogP contribution in [0, 0.1) is 0 Å². The molecule has 0 saturated heterocycles. The predicted octanol–water partition coefficient (Wildman–Crippen LogP) is 4.27. The Hall–Kier alpha value is -0.540. The molecule has 0 amide bonds. The summed E-state index contributed by atoms with van der Waals surface area (Å²) in [6.45, 7) is 3.83. The van der Waals surface area contributed by atoms with Gasteiger partial charge in [-0.1, -0.05) is 35.7 Å². The van der Waals surface area contributed by atoms with Gasteiger partial charge in [0.2, 0.25) is 0 Å². The third-order valence-corrected chi connectivity index (χ3v) is 3.91. The molecule has 3 heteroatoms. The Morgan fingerprint density at radius 3 is 2.83 bits per heavy atom. The topological polar surface area (TPSA) is 21.3 Å². The second-order valence-corrected chi connectivity index (χ2v) is 5.88. The summed E-state index contributed by atoms with van der Waals surface area (Å²) in [5, 5.41) is 3.64. The van der Waals surface area contributed by atoms with Crippen LogP contribution in [0.5, 0.6) is 5.75 Å². The lowest BCUT2D eigenvalue weighted by molar-refractivity contribution is 0.312. The van der Waals surface area contributed by atoms with Crippen molar-refractivity contribution >= 4 is 15.9 Å². The van der Waals surface area contributed by atoms with Gasteiger partial charge in [-0.15, -0.1) is 0 Å². The van der Waals surface area contributed by atoms with Crippen LogP contribution in [-0.4, -0.2) is 12.6 Å². The van der Waals surface area contributed by atoms with Crippen molar-refractivity contribution in [2.75, 3.05) is 6.61 Å². The van der Waals surface area contributed by atoms with Crippen molar-refractivity contribution in [3.63, 3.8) is 0 Å². The number of hydrogen-bond acceptors (Lipinski definition) is 2. The van der Waals surface area contributed by atoms with Crippen LogP contribution in [0.1, 0.15) is 44.6 Å². The molecule has 0 aromatic heterocycles. The van der Waals surface area contributed by atoms with Crippen LogP contribution >= 0.6 is 15.9 Å². The van der Waals surface area contributed by atoms with E-state index in [0.717, 1.165) is 29.8 Å². The molecule has 0 heterocycles. The van der Waals surface area contributed by atoms with E-state index in [-0.39, 0.29) is 0 Å². The molecule has 1 aromatic rings. The first-order valence-corrected chi connectivity index (χ1v) is 7.73. The van der Waals surface area contributed by atoms with Crippen LogP contribution in [0.2, 0.25) is 0 Å². The highest BCUT2D eigenvalue weighted by atomic mass is 79.9. The first-order chi connectivity index (χ1) is 8.79. The summed E-state index contributed by atoms with van der Waals surface area (Å²) < 4.78 is 6.92. The Morgan fingerprint density at radius 1 is 1.33 bits per heavy atom. The minimum atomic E-state index is 0.697. The average Bonchev–Trinajstić information content (AvgIpc) is 2.88. The fourth-order valence-corrected chi connectivity index (χ4v) is 2.83. The van der Waals surface area contributed by atoms with Crippen LogP contribution in [-0.2, 0) is 6.54 Å². The molecule has 2 rings (SSSR count). The average molecular weight is 312 g/mol. The molecule has 18 heavy (non-hydrogen) atoms. The quantitative estimate of drug-likeness (QED) is 0.847. The molecule has 0 aliphatic heterocycles. The highest BCUT2D eigenvalue weighted by molar-refractivity contribution is 9.10. The maximum atomic E-state index is 5.80. The first-order valence-electron chi connectivity index (χ1n) is 6.94. The minimum absolute atomic E-state index is 0.697. The molecule has 2 nitrogen and oxygen atoms in total. The van der Waals surface area contributed by atoms with Crippen LogP contribution in [0.4, 0.5) is 0 Å². The number of benzene rings is 1. The van der Waals surface area contributed by atoms with Gasteiger partial charge >= 0.3 is 0 Å². The highest BCUT2D eigenvalue weighted by Crippen LogP contribution is 2.25. The van der Waals surface area contributed by atoms with Crippen molar-refractivity contribution < 1.29 is 4.74 Å². The van der Waals surface area contributed by atoms with Crippen LogP contribution < -0.4 is 10.1 Å². The summed E-state index contributed by atoms with van der Waals surface area (Å²) in [4.78, 5) is 0. The van der Waals surface area contributed by atoms with Crippen LogP contribution in [0.3, 0.4) is 0 Å². The van der Waals surface area contributed by atoms with E-state index in [1.165, 1.54) is 31.2 Å². The lowest BCUT2D eigenvalue weighted by Gasteiger charge is -2.15. The van der Waals surface area contributed by atoms with Gasteiger partial charge in [0.05, 0.1) is 6.61 Å². The number of rotatable bonds is 6. The van der Waals surface area contributed by atoms with Crippen molar-refractivity contribution in [2.24, 2.45) is 0 Å². The molecule has 0 atom stereocenters. The van der Waals surface area contributed by atoms with Crippen molar-refractivity contribution in [3.05, 3.63) is 28.2 Å². The lowest BCUT2D eigenvalue weighted by atomic mass is 10.1. The zero-order chi connectivity index (χ0) is 12.8. The Kier molecular flexibility index (Phi) is 5.51. The predicted molar refractivity (Wildman–Crippen MR) is 79.0 cm³/mol. The van der Waals surface area contributed by atoms with Gasteiger partial charge in [0.1, 0.15) is 5.75 Å². The van der Waals surface area contributed by atoms with Crippen molar-refractivity contribution in [1.29, 1.82) is 0 Å². The zero-order valence-electron chi connectivity index (χ0n) is 11.0. The van der Waals surface area contributed by atoms with Gasteiger partial charge in [-0.2, -0.15) is 0 Å². The van der Waals surface area contributed by atoms with Gasteiger partial charge in [-0.3, -0.25) is 0 Å². The normalized spacial score (nSPS) is 16.1. The molecule has 1 aliphatic carbocycles. The van der Waals surface area contributed by atoms with Crippen LogP contribution in [0.25, 0.3) is 0 Å². The van der Waals surface area contributed by atoms with Gasteiger partial charge < -0.3 is 10.1 Å². The number of hydrogen-bond donors (Lipinski definition) is 1. The maximum absolute atomic E-state index is 5.80. The smallest absolute Gasteiger partial charge is 0.123 e. The standard InChI is InChI=1S/C15H22BrNO/c1-2-9-18-15-8-7-13(16)10-12(15)11-17-14-5-3-4-6-14/h7-8,10,14,17H,2-6,9,11H2,1H3. The number of nitrogens with one attached hydrogen (secondary N) is 1. The summed E-state index contributed by atoms with van der Waals surface area (Å²) in [5.74, 6) is 1.02. The molecular weight excluding hydrogens is 290 g/mol. The molecule has 1 aliphatic rings. The van der Waals surface area contributed by atoms with Crippen LogP contribution in [0.15, 0.2) is 22.7 Å². The Labute approximate surface area is 118 Å². The fourth-order valence-electron chi connectivity index (χ4n) is 2.42. The van der Waals surface area contributed by atoms with Crippen molar-refractivity contribution in [3.8, 4) is 5.75 Å². The molecule has 0 bridgehead atoms. The number of halogens is 1. The molecule has 100 valence electrons. The van der Waals surface area contributed by atoms with E-state index in [2.05, 4.69) is 40.3 Å². The maximum Gasteiger partial charge on any atom is 0.123 e. The van der Waals surface area contributed by atoms with E-state index in [1.54, 1.807) is 0 Å². The van der Waals surface area contributed by atoms with Gasteiger partial charge in [0.15, 0.2) is 0 Å². The van der Waals surface area contributed by atoms with E-state index in [1.807, 2.05) is 6.07 Å². The zero-order valence-corrected chi connectivity index (χ0v) is 12.6. The third-order valence-electron chi connectivity index (χ3n) is 3.42. The van der Waals surface area contributed by atoms with Crippen molar-refractivity contribution in [2.45, 2.75) is 51.6 Å². The lowest BCUT2D eigenvalue weighted by Crippen LogP contribution is -2.25. The van der Waals surface area contributed by atoms with E-state index in [0.29, 0.717) is 6.04 Å². The summed E-state index contributed by atoms with van der Waals surface area (Å²) >= 11 is 3.53. The molecule has 1 aromatic carbocycles. The summed E-state index contributed by atoms with van der Waals surface area (Å²) in [5.41, 5.74) is 1.25. The number of ether oxygens (including phenoxy) is 1. The molecule has 1 N–H and O–H groups in total. The Morgan fingerprint density at radius 2 is 2.11 bits per heavy atom. The Balaban J connectivity index is 1.97. The van der Waals surface area contributed by atoms with Gasteiger partial charge in [-0.05, 0) is 37.5 Å². The fraction of sp³-hybridized carbons (Fsp3) is 0.600. The SMILES string of the molecule is CCCOc1ccc(Br)cc1CNC1CCCC1. The van der Waals surface area contributed by atoms with Crippen molar-refractivity contribution in [1.82, 2.24) is 5.32 Å². The van der Waals surface area contributed by atoms with E-state index in [9.17, 15) is 0 Å². The molecule has 1 fully saturated rings. The highest BCUT2D eigenvalue weighted by Gasteiger charge is 2.15. The Bertz CT molecular complexity index is 375. The molecule has 1 saturated carbocycles. The molecule has 0 unspecified atom stereocenters. The summed E-state index contributed by atoms with van der Waals surface area (Å²) in [6, 6.07) is 6.96. The first kappa shape index (κ1) is 13.9. The van der Waals surface area contributed by atoms with E-state index in [4.69, 9.17) is 4.74 Å². The van der Waals surface area contributed by atoms with Gasteiger partial charge in [0.25, 0.3) is 0 Å². The minimum Gasteiger partial charge on any atom is -0.493 e. The summed E-state index contributed by atoms with van der Waals surface area (Å²) in [6.07, 6.45) is 6.43.